The molecule has 0 atom stereocenters. The molecule has 7 heteroatoms. The number of carbonyl (C=O) groups is 1. The van der Waals surface area contributed by atoms with Crippen LogP contribution in [0.15, 0.2) is 42.5 Å². The number of nitrogens with zero attached hydrogens (tertiary/aromatic N) is 1. The standard InChI is InChI=1S/C14H11FN2O4/c1-21-13-5-3-2-4-10(13)14(18)16-12-8-9(17(19)20)6-7-11(12)15/h2-8H,1H3,(H,16,18). The van der Waals surface area contributed by atoms with Gasteiger partial charge in [-0.1, -0.05) is 12.1 Å². The van der Waals surface area contributed by atoms with Crippen LogP contribution < -0.4 is 10.1 Å². The highest BCUT2D eigenvalue weighted by molar-refractivity contribution is 6.06. The van der Waals surface area contributed by atoms with E-state index >= 15 is 0 Å². The molecule has 0 aliphatic rings. The Kier molecular flexibility index (Phi) is 4.13. The lowest BCUT2D eigenvalue weighted by Gasteiger charge is -2.09. The number of hydrogen-bond donors (Lipinski definition) is 1. The number of nitro benzene ring substituents is 1. The third-order valence-corrected chi connectivity index (χ3v) is 2.76. The SMILES string of the molecule is COc1ccccc1C(=O)Nc1cc([N+](=O)[O-])ccc1F. The van der Waals surface area contributed by atoms with E-state index in [1.165, 1.54) is 13.2 Å². The third-order valence-electron chi connectivity index (χ3n) is 2.76. The maximum absolute atomic E-state index is 13.6. The lowest BCUT2D eigenvalue weighted by molar-refractivity contribution is -0.384. The third kappa shape index (κ3) is 3.14. The Morgan fingerprint density at radius 2 is 2.00 bits per heavy atom. The lowest BCUT2D eigenvalue weighted by atomic mass is 10.1. The van der Waals surface area contributed by atoms with Crippen LogP contribution in [0, 0.1) is 15.9 Å². The number of para-hydroxylation sites is 1. The summed E-state index contributed by atoms with van der Waals surface area (Å²) in [5.74, 6) is -1.06. The van der Waals surface area contributed by atoms with Gasteiger partial charge in [-0.25, -0.2) is 4.39 Å². The van der Waals surface area contributed by atoms with Gasteiger partial charge in [0, 0.05) is 12.1 Å². The molecule has 1 amide bonds. The number of hydrogen-bond acceptors (Lipinski definition) is 4. The van der Waals surface area contributed by atoms with Crippen LogP contribution in [0.3, 0.4) is 0 Å². The second kappa shape index (κ2) is 6.00. The lowest BCUT2D eigenvalue weighted by Crippen LogP contribution is -2.14. The Morgan fingerprint density at radius 1 is 1.29 bits per heavy atom. The smallest absolute Gasteiger partial charge is 0.271 e. The first-order chi connectivity index (χ1) is 10.0. The van der Waals surface area contributed by atoms with Crippen LogP contribution in [0.5, 0.6) is 5.75 Å². The molecule has 0 saturated carbocycles. The molecule has 0 spiro atoms. The maximum Gasteiger partial charge on any atom is 0.271 e. The zero-order chi connectivity index (χ0) is 15.4. The summed E-state index contributed by atoms with van der Waals surface area (Å²) in [4.78, 5) is 22.1. The van der Waals surface area contributed by atoms with Gasteiger partial charge in [-0.2, -0.15) is 0 Å². The molecule has 6 nitrogen and oxygen atoms in total. The molecule has 0 radical (unpaired) electrons. The summed E-state index contributed by atoms with van der Waals surface area (Å²) in [5.41, 5.74) is -0.377. The number of halogens is 1. The number of amides is 1. The molecule has 0 aliphatic carbocycles. The maximum atomic E-state index is 13.6. The van der Waals surface area contributed by atoms with E-state index in [0.29, 0.717) is 5.75 Å². The zero-order valence-corrected chi connectivity index (χ0v) is 11.0. The number of anilines is 1. The van der Waals surface area contributed by atoms with Crippen molar-refractivity contribution in [2.24, 2.45) is 0 Å². The summed E-state index contributed by atoms with van der Waals surface area (Å²) in [6.07, 6.45) is 0. The van der Waals surface area contributed by atoms with E-state index in [0.717, 1.165) is 18.2 Å². The molecule has 2 rings (SSSR count). The number of non-ortho nitro benzene ring substituents is 1. The highest BCUT2D eigenvalue weighted by Gasteiger charge is 2.16. The molecule has 0 aromatic heterocycles. The minimum atomic E-state index is -0.760. The highest BCUT2D eigenvalue weighted by atomic mass is 19.1. The number of nitro groups is 1. The number of benzene rings is 2. The van der Waals surface area contributed by atoms with Crippen LogP contribution in [0.1, 0.15) is 10.4 Å². The molecule has 0 saturated heterocycles. The molecule has 2 aromatic carbocycles. The first-order valence-corrected chi connectivity index (χ1v) is 5.91. The van der Waals surface area contributed by atoms with Crippen molar-refractivity contribution in [2.75, 3.05) is 12.4 Å². The van der Waals surface area contributed by atoms with Crippen LogP contribution in [0.25, 0.3) is 0 Å². The second-order valence-electron chi connectivity index (χ2n) is 4.08. The summed E-state index contributed by atoms with van der Waals surface area (Å²) in [5, 5.41) is 13.0. The first-order valence-electron chi connectivity index (χ1n) is 5.91. The van der Waals surface area contributed by atoms with Gasteiger partial charge in [0.25, 0.3) is 11.6 Å². The highest BCUT2D eigenvalue weighted by Crippen LogP contribution is 2.23. The summed E-state index contributed by atoms with van der Waals surface area (Å²) < 4.78 is 18.7. The Bertz CT molecular complexity index is 703. The minimum absolute atomic E-state index is 0.200. The van der Waals surface area contributed by atoms with Gasteiger partial charge < -0.3 is 10.1 Å². The number of ether oxygens (including phenoxy) is 1. The average molecular weight is 290 g/mol. The minimum Gasteiger partial charge on any atom is -0.496 e. The van der Waals surface area contributed by atoms with E-state index < -0.39 is 16.6 Å². The average Bonchev–Trinajstić information content (AvgIpc) is 2.49. The van der Waals surface area contributed by atoms with Crippen LogP contribution >= 0.6 is 0 Å². The fourth-order valence-corrected chi connectivity index (χ4v) is 1.74. The monoisotopic (exact) mass is 290 g/mol. The Morgan fingerprint density at radius 3 is 2.67 bits per heavy atom. The zero-order valence-electron chi connectivity index (χ0n) is 11.0. The van der Waals surface area contributed by atoms with Crippen LogP contribution in [-0.4, -0.2) is 17.9 Å². The Labute approximate surface area is 119 Å². The van der Waals surface area contributed by atoms with Crippen molar-refractivity contribution in [3.05, 3.63) is 64.0 Å². The van der Waals surface area contributed by atoms with Gasteiger partial charge in [-0.15, -0.1) is 0 Å². The topological polar surface area (TPSA) is 81.5 Å². The van der Waals surface area contributed by atoms with E-state index in [9.17, 15) is 19.3 Å². The molecule has 0 heterocycles. The van der Waals surface area contributed by atoms with Gasteiger partial charge in [0.15, 0.2) is 0 Å². The van der Waals surface area contributed by atoms with Crippen molar-refractivity contribution >= 4 is 17.3 Å². The fraction of sp³-hybridized carbons (Fsp3) is 0.0714. The van der Waals surface area contributed by atoms with Crippen molar-refractivity contribution < 1.29 is 18.8 Å². The second-order valence-corrected chi connectivity index (χ2v) is 4.08. The van der Waals surface area contributed by atoms with Crippen molar-refractivity contribution in [1.29, 1.82) is 0 Å². The number of nitrogens with one attached hydrogen (secondary N) is 1. The number of carbonyl (C=O) groups excluding carboxylic acids is 1. The molecule has 1 N–H and O–H groups in total. The molecule has 0 aliphatic heterocycles. The van der Waals surface area contributed by atoms with Crippen LogP contribution in [0.4, 0.5) is 15.8 Å². The van der Waals surface area contributed by atoms with Gasteiger partial charge in [0.2, 0.25) is 0 Å². The van der Waals surface area contributed by atoms with Gasteiger partial charge in [-0.05, 0) is 18.2 Å². The van der Waals surface area contributed by atoms with Crippen molar-refractivity contribution in [3.8, 4) is 5.75 Å². The van der Waals surface area contributed by atoms with E-state index in [4.69, 9.17) is 4.74 Å². The predicted molar refractivity (Wildman–Crippen MR) is 74.0 cm³/mol. The summed E-state index contributed by atoms with van der Waals surface area (Å²) >= 11 is 0. The molecule has 2 aromatic rings. The van der Waals surface area contributed by atoms with Gasteiger partial charge in [0.1, 0.15) is 11.6 Å². The van der Waals surface area contributed by atoms with E-state index in [1.807, 2.05) is 0 Å². The molecule has 108 valence electrons. The largest absolute Gasteiger partial charge is 0.496 e. The van der Waals surface area contributed by atoms with Crippen LogP contribution in [0.2, 0.25) is 0 Å². The van der Waals surface area contributed by atoms with Crippen molar-refractivity contribution in [1.82, 2.24) is 0 Å². The number of rotatable bonds is 4. The van der Waals surface area contributed by atoms with Gasteiger partial charge in [-0.3, -0.25) is 14.9 Å². The number of methoxy groups -OCH3 is 1. The van der Waals surface area contributed by atoms with Gasteiger partial charge >= 0.3 is 0 Å². The molecule has 21 heavy (non-hydrogen) atoms. The molecule has 0 bridgehead atoms. The van der Waals surface area contributed by atoms with E-state index in [-0.39, 0.29) is 16.9 Å². The first kappa shape index (κ1) is 14.4. The van der Waals surface area contributed by atoms with E-state index in [1.54, 1.807) is 18.2 Å². The summed E-state index contributed by atoms with van der Waals surface area (Å²) in [7, 11) is 1.40. The quantitative estimate of drug-likeness (QED) is 0.693. The van der Waals surface area contributed by atoms with E-state index in [2.05, 4.69) is 5.32 Å². The summed E-state index contributed by atoms with van der Waals surface area (Å²) in [6.45, 7) is 0. The van der Waals surface area contributed by atoms with Crippen molar-refractivity contribution in [3.63, 3.8) is 0 Å². The molecular formula is C14H11FN2O4. The predicted octanol–water partition coefficient (Wildman–Crippen LogP) is 2.99. The van der Waals surface area contributed by atoms with Crippen molar-refractivity contribution in [2.45, 2.75) is 0 Å². The Hall–Kier alpha value is -2.96. The molecule has 0 fully saturated rings. The normalized spacial score (nSPS) is 10.0. The molecular weight excluding hydrogens is 279 g/mol. The van der Waals surface area contributed by atoms with Gasteiger partial charge in [0.05, 0.1) is 23.3 Å². The van der Waals surface area contributed by atoms with Crippen LogP contribution in [-0.2, 0) is 0 Å². The molecule has 0 unspecified atom stereocenters. The Balaban J connectivity index is 2.31. The fourth-order valence-electron chi connectivity index (χ4n) is 1.74. The summed E-state index contributed by atoms with van der Waals surface area (Å²) in [6, 6.07) is 9.31.